The number of amides is 3. The van der Waals surface area contributed by atoms with E-state index >= 15 is 0 Å². The van der Waals surface area contributed by atoms with E-state index in [0.717, 1.165) is 22.7 Å². The third-order valence-corrected chi connectivity index (χ3v) is 4.65. The summed E-state index contributed by atoms with van der Waals surface area (Å²) < 4.78 is 28.1. The van der Waals surface area contributed by atoms with Gasteiger partial charge in [0.2, 0.25) is 0 Å². The van der Waals surface area contributed by atoms with E-state index in [2.05, 4.69) is 10.3 Å². The summed E-state index contributed by atoms with van der Waals surface area (Å²) in [6, 6.07) is 2.61. The van der Waals surface area contributed by atoms with Gasteiger partial charge in [-0.1, -0.05) is 6.07 Å². The Hall–Kier alpha value is -2.35. The van der Waals surface area contributed by atoms with Gasteiger partial charge < -0.3 is 5.32 Å². The molecule has 0 saturated carbocycles. The molecule has 1 atom stereocenters. The van der Waals surface area contributed by atoms with E-state index in [1.165, 1.54) is 24.3 Å². The van der Waals surface area contributed by atoms with Crippen LogP contribution in [0.25, 0.3) is 0 Å². The molecule has 120 valence electrons. The second-order valence-electron chi connectivity index (χ2n) is 5.43. The Morgan fingerprint density at radius 3 is 2.52 bits per heavy atom. The lowest BCUT2D eigenvalue weighted by Gasteiger charge is -2.23. The van der Waals surface area contributed by atoms with Crippen molar-refractivity contribution in [2.75, 3.05) is 0 Å². The minimum absolute atomic E-state index is 0.0329. The monoisotopic (exact) mass is 337 g/mol. The van der Waals surface area contributed by atoms with Crippen molar-refractivity contribution in [3.8, 4) is 0 Å². The normalized spacial score (nSPS) is 21.0. The third-order valence-electron chi connectivity index (χ3n) is 3.70. The smallest absolute Gasteiger partial charge is 0.319 e. The van der Waals surface area contributed by atoms with E-state index in [9.17, 15) is 18.4 Å². The second-order valence-corrected chi connectivity index (χ2v) is 6.37. The van der Waals surface area contributed by atoms with Gasteiger partial charge in [-0.15, -0.1) is 11.3 Å². The molecular weight excluding hydrogens is 324 g/mol. The molecule has 1 unspecified atom stereocenters. The highest BCUT2D eigenvalue weighted by Gasteiger charge is 2.51. The molecule has 1 aliphatic heterocycles. The number of nitrogens with zero attached hydrogens (tertiary/aromatic N) is 2. The molecule has 8 heteroatoms. The summed E-state index contributed by atoms with van der Waals surface area (Å²) in [5.41, 5.74) is -1.46. The van der Waals surface area contributed by atoms with Gasteiger partial charge in [0.25, 0.3) is 5.91 Å². The molecule has 3 rings (SSSR count). The minimum atomic E-state index is -1.78. The molecule has 3 amide bonds. The van der Waals surface area contributed by atoms with Crippen LogP contribution in [0.1, 0.15) is 23.2 Å². The quantitative estimate of drug-likeness (QED) is 0.876. The first-order chi connectivity index (χ1) is 10.8. The van der Waals surface area contributed by atoms with Crippen LogP contribution >= 0.6 is 11.3 Å². The predicted octanol–water partition coefficient (Wildman–Crippen LogP) is 2.70. The fourth-order valence-electron chi connectivity index (χ4n) is 2.60. The van der Waals surface area contributed by atoms with Crippen molar-refractivity contribution in [2.24, 2.45) is 0 Å². The number of rotatable bonds is 3. The summed E-state index contributed by atoms with van der Waals surface area (Å²) in [6.45, 7) is 3.06. The van der Waals surface area contributed by atoms with Crippen LogP contribution in [0.15, 0.2) is 23.6 Å². The van der Waals surface area contributed by atoms with E-state index in [1.807, 2.05) is 0 Å². The molecule has 0 spiro atoms. The summed E-state index contributed by atoms with van der Waals surface area (Å²) in [5.74, 6) is -2.47. The maximum Gasteiger partial charge on any atom is 0.325 e. The van der Waals surface area contributed by atoms with Crippen LogP contribution < -0.4 is 5.32 Å². The number of carbonyl (C=O) groups excluding carboxylic acids is 2. The van der Waals surface area contributed by atoms with Crippen LogP contribution in [0.2, 0.25) is 0 Å². The highest BCUT2D eigenvalue weighted by atomic mass is 32.1. The number of urea groups is 1. The number of thiazole rings is 1. The Morgan fingerprint density at radius 1 is 1.30 bits per heavy atom. The Kier molecular flexibility index (Phi) is 3.63. The van der Waals surface area contributed by atoms with Crippen molar-refractivity contribution in [3.63, 3.8) is 0 Å². The van der Waals surface area contributed by atoms with Gasteiger partial charge >= 0.3 is 6.03 Å². The minimum Gasteiger partial charge on any atom is -0.319 e. The summed E-state index contributed by atoms with van der Waals surface area (Å²) in [6.07, 6.45) is 0. The standard InChI is InChI=1S/C15H13F2N3O2S/c1-8-7-23-11(18-8)6-20-13(21)15(2,19-14(20)22)12-9(16)4-3-5-10(12)17/h3-5,7H,6H2,1-2H3,(H,19,22). The summed E-state index contributed by atoms with van der Waals surface area (Å²) in [5, 5.41) is 4.76. The topological polar surface area (TPSA) is 62.3 Å². The number of aromatic nitrogens is 1. The van der Waals surface area contributed by atoms with E-state index < -0.39 is 34.7 Å². The van der Waals surface area contributed by atoms with Crippen molar-refractivity contribution in [1.29, 1.82) is 0 Å². The third kappa shape index (κ3) is 2.48. The van der Waals surface area contributed by atoms with Crippen LogP contribution in [0.4, 0.5) is 13.6 Å². The van der Waals surface area contributed by atoms with Gasteiger partial charge in [-0.3, -0.25) is 9.69 Å². The number of halogens is 2. The lowest BCUT2D eigenvalue weighted by Crippen LogP contribution is -2.42. The molecule has 5 nitrogen and oxygen atoms in total. The number of nitrogens with one attached hydrogen (secondary N) is 1. The average Bonchev–Trinajstić information content (AvgIpc) is 2.96. The van der Waals surface area contributed by atoms with Crippen LogP contribution in [-0.4, -0.2) is 21.8 Å². The van der Waals surface area contributed by atoms with E-state index in [1.54, 1.807) is 12.3 Å². The van der Waals surface area contributed by atoms with Gasteiger partial charge in [0.05, 0.1) is 12.1 Å². The van der Waals surface area contributed by atoms with Crippen molar-refractivity contribution >= 4 is 23.3 Å². The number of benzene rings is 1. The molecule has 1 aromatic heterocycles. The zero-order valence-electron chi connectivity index (χ0n) is 12.4. The number of aryl methyl sites for hydroxylation is 1. The van der Waals surface area contributed by atoms with Crippen LogP contribution in [0.3, 0.4) is 0 Å². The SMILES string of the molecule is Cc1csc(CN2C(=O)NC(C)(c3c(F)cccc3F)C2=O)n1. The maximum atomic E-state index is 14.0. The summed E-state index contributed by atoms with van der Waals surface area (Å²) in [4.78, 5) is 29.9. The fourth-order valence-corrected chi connectivity index (χ4v) is 3.36. The molecule has 1 aromatic carbocycles. The molecule has 2 heterocycles. The van der Waals surface area contributed by atoms with Gasteiger partial charge in [0, 0.05) is 11.1 Å². The largest absolute Gasteiger partial charge is 0.325 e. The summed E-state index contributed by atoms with van der Waals surface area (Å²) in [7, 11) is 0. The number of carbonyl (C=O) groups is 2. The van der Waals surface area contributed by atoms with Crippen LogP contribution in [0.5, 0.6) is 0 Å². The highest BCUT2D eigenvalue weighted by Crippen LogP contribution is 2.33. The molecule has 1 saturated heterocycles. The number of hydrogen-bond donors (Lipinski definition) is 1. The lowest BCUT2D eigenvalue weighted by molar-refractivity contribution is -0.131. The molecule has 2 aromatic rings. The Morgan fingerprint density at radius 2 is 1.96 bits per heavy atom. The first-order valence-corrected chi connectivity index (χ1v) is 7.70. The molecule has 0 radical (unpaired) electrons. The molecular formula is C15H13F2N3O2S. The first kappa shape index (κ1) is 15.5. The predicted molar refractivity (Wildman–Crippen MR) is 79.6 cm³/mol. The van der Waals surface area contributed by atoms with Crippen molar-refractivity contribution in [2.45, 2.75) is 25.9 Å². The molecule has 1 N–H and O–H groups in total. The molecule has 23 heavy (non-hydrogen) atoms. The van der Waals surface area contributed by atoms with Gasteiger partial charge in [0.15, 0.2) is 0 Å². The van der Waals surface area contributed by atoms with Crippen molar-refractivity contribution < 1.29 is 18.4 Å². The van der Waals surface area contributed by atoms with E-state index in [0.29, 0.717) is 5.01 Å². The fraction of sp³-hybridized carbons (Fsp3) is 0.267. The van der Waals surface area contributed by atoms with Gasteiger partial charge in [-0.25, -0.2) is 18.6 Å². The molecule has 1 fully saturated rings. The number of imide groups is 1. The van der Waals surface area contributed by atoms with Gasteiger partial charge in [-0.05, 0) is 26.0 Å². The zero-order chi connectivity index (χ0) is 16.8. The maximum absolute atomic E-state index is 14.0. The van der Waals surface area contributed by atoms with E-state index in [-0.39, 0.29) is 6.54 Å². The molecule has 0 bridgehead atoms. The molecule has 1 aliphatic rings. The Bertz CT molecular complexity index is 788. The lowest BCUT2D eigenvalue weighted by atomic mass is 9.91. The Balaban J connectivity index is 1.97. The number of hydrogen-bond acceptors (Lipinski definition) is 4. The van der Waals surface area contributed by atoms with Crippen LogP contribution in [-0.2, 0) is 16.9 Å². The second kappa shape index (κ2) is 5.38. The van der Waals surface area contributed by atoms with Gasteiger partial charge in [0.1, 0.15) is 22.2 Å². The van der Waals surface area contributed by atoms with Crippen molar-refractivity contribution in [3.05, 3.63) is 51.5 Å². The van der Waals surface area contributed by atoms with Gasteiger partial charge in [-0.2, -0.15) is 0 Å². The average molecular weight is 337 g/mol. The highest BCUT2D eigenvalue weighted by molar-refractivity contribution is 7.09. The van der Waals surface area contributed by atoms with E-state index in [4.69, 9.17) is 0 Å². The van der Waals surface area contributed by atoms with Crippen molar-refractivity contribution in [1.82, 2.24) is 15.2 Å². The zero-order valence-corrected chi connectivity index (χ0v) is 13.2. The molecule has 0 aliphatic carbocycles. The summed E-state index contributed by atoms with van der Waals surface area (Å²) >= 11 is 1.31. The first-order valence-electron chi connectivity index (χ1n) is 6.82. The Labute approximate surface area is 134 Å². The van der Waals surface area contributed by atoms with Crippen LogP contribution in [0, 0.1) is 18.6 Å².